The van der Waals surface area contributed by atoms with Gasteiger partial charge in [0.25, 0.3) is 0 Å². The first kappa shape index (κ1) is 54.2. The molecule has 56 heavy (non-hydrogen) atoms. The number of carbonyl (C=O) groups is 3. The van der Waals surface area contributed by atoms with Crippen LogP contribution in [0.2, 0.25) is 0 Å². The van der Waals surface area contributed by atoms with Gasteiger partial charge in [-0.15, -0.1) is 0 Å². The SMILES string of the molecule is CCCCCC/C=C/CCCCCCCCCCCC(=O)OC[C@H](COP(=O)(O)OC[C@H](N)C(=O)O)OC(=O)CCCCCCCCCCCCCCCCC. The lowest BCUT2D eigenvalue weighted by atomic mass is 10.0. The molecule has 3 atom stereocenters. The molecule has 330 valence electrons. The molecule has 1 unspecified atom stereocenters. The zero-order valence-corrected chi connectivity index (χ0v) is 36.6. The summed E-state index contributed by atoms with van der Waals surface area (Å²) in [6.07, 6.45) is 39.8. The summed E-state index contributed by atoms with van der Waals surface area (Å²) >= 11 is 0. The monoisotopic (exact) mass is 818 g/mol. The highest BCUT2D eigenvalue weighted by Gasteiger charge is 2.28. The number of ether oxygens (including phenoxy) is 2. The van der Waals surface area contributed by atoms with Gasteiger partial charge in [-0.2, -0.15) is 0 Å². The third-order valence-electron chi connectivity index (χ3n) is 10.0. The summed E-state index contributed by atoms with van der Waals surface area (Å²) in [5.41, 5.74) is 5.34. The number of phosphoric ester groups is 1. The molecule has 0 amide bonds. The summed E-state index contributed by atoms with van der Waals surface area (Å²) in [6, 6.07) is -1.52. The van der Waals surface area contributed by atoms with Crippen molar-refractivity contribution in [1.29, 1.82) is 0 Å². The smallest absolute Gasteiger partial charge is 0.472 e. The van der Waals surface area contributed by atoms with Crippen molar-refractivity contribution >= 4 is 25.7 Å². The van der Waals surface area contributed by atoms with Gasteiger partial charge in [0.1, 0.15) is 12.6 Å². The molecule has 0 spiro atoms. The molecular weight excluding hydrogens is 733 g/mol. The number of unbranched alkanes of at least 4 members (excludes halogenated alkanes) is 27. The summed E-state index contributed by atoms with van der Waals surface area (Å²) in [7, 11) is -4.71. The Morgan fingerprint density at radius 3 is 1.32 bits per heavy atom. The van der Waals surface area contributed by atoms with Crippen molar-refractivity contribution in [2.45, 2.75) is 231 Å². The third-order valence-corrected chi connectivity index (χ3v) is 11.0. The highest BCUT2D eigenvalue weighted by molar-refractivity contribution is 7.47. The summed E-state index contributed by atoms with van der Waals surface area (Å²) in [4.78, 5) is 46.0. The lowest BCUT2D eigenvalue weighted by Gasteiger charge is -2.20. The average molecular weight is 818 g/mol. The Morgan fingerprint density at radius 2 is 0.893 bits per heavy atom. The maximum Gasteiger partial charge on any atom is 0.472 e. The molecule has 0 aromatic heterocycles. The average Bonchev–Trinajstić information content (AvgIpc) is 3.17. The lowest BCUT2D eigenvalue weighted by Crippen LogP contribution is -2.34. The molecule has 0 saturated heterocycles. The van der Waals surface area contributed by atoms with E-state index in [1.54, 1.807) is 0 Å². The van der Waals surface area contributed by atoms with Gasteiger partial charge < -0.3 is 25.2 Å². The first-order chi connectivity index (χ1) is 27.1. The number of hydrogen-bond acceptors (Lipinski definition) is 9. The Morgan fingerprint density at radius 1 is 0.536 bits per heavy atom. The minimum Gasteiger partial charge on any atom is -0.480 e. The minimum absolute atomic E-state index is 0.167. The molecule has 0 aliphatic carbocycles. The number of nitrogens with two attached hydrogens (primary N) is 1. The van der Waals surface area contributed by atoms with Gasteiger partial charge in [-0.25, -0.2) is 4.57 Å². The van der Waals surface area contributed by atoms with Crippen molar-refractivity contribution in [2.75, 3.05) is 19.8 Å². The molecule has 4 N–H and O–H groups in total. The highest BCUT2D eigenvalue weighted by atomic mass is 31.2. The molecule has 0 aromatic carbocycles. The van der Waals surface area contributed by atoms with Crippen LogP contribution in [0.25, 0.3) is 0 Å². The van der Waals surface area contributed by atoms with Crippen LogP contribution in [0, 0.1) is 0 Å². The summed E-state index contributed by atoms with van der Waals surface area (Å²) in [5.74, 6) is -2.37. The second-order valence-corrected chi connectivity index (χ2v) is 17.0. The molecular formula is C44H84NO10P. The zero-order valence-electron chi connectivity index (χ0n) is 35.7. The fourth-order valence-electron chi connectivity index (χ4n) is 6.41. The van der Waals surface area contributed by atoms with Gasteiger partial charge in [0.2, 0.25) is 0 Å². The summed E-state index contributed by atoms with van der Waals surface area (Å²) in [6.45, 7) is 2.82. The molecule has 12 heteroatoms. The van der Waals surface area contributed by atoms with Gasteiger partial charge in [0.15, 0.2) is 6.10 Å². The molecule has 0 aliphatic heterocycles. The number of phosphoric acid groups is 1. The lowest BCUT2D eigenvalue weighted by molar-refractivity contribution is -0.161. The Labute approximate surface area is 341 Å². The van der Waals surface area contributed by atoms with E-state index in [0.29, 0.717) is 12.8 Å². The molecule has 0 saturated carbocycles. The van der Waals surface area contributed by atoms with E-state index in [1.165, 1.54) is 141 Å². The fraction of sp³-hybridized carbons (Fsp3) is 0.886. The topological polar surface area (TPSA) is 172 Å². The fourth-order valence-corrected chi connectivity index (χ4v) is 7.19. The first-order valence-corrected chi connectivity index (χ1v) is 24.2. The molecule has 0 rings (SSSR count). The van der Waals surface area contributed by atoms with E-state index in [0.717, 1.165) is 38.5 Å². The number of carboxylic acids is 1. The quantitative estimate of drug-likeness (QED) is 0.0231. The van der Waals surface area contributed by atoms with Crippen LogP contribution in [0.4, 0.5) is 0 Å². The van der Waals surface area contributed by atoms with E-state index < -0.39 is 51.1 Å². The van der Waals surface area contributed by atoms with E-state index in [-0.39, 0.29) is 19.4 Å². The Kier molecular flexibility index (Phi) is 38.7. The van der Waals surface area contributed by atoms with Crippen molar-refractivity contribution in [3.63, 3.8) is 0 Å². The van der Waals surface area contributed by atoms with Crippen LogP contribution in [0.15, 0.2) is 12.2 Å². The number of esters is 2. The maximum absolute atomic E-state index is 12.6. The van der Waals surface area contributed by atoms with E-state index in [2.05, 4.69) is 30.5 Å². The number of rotatable bonds is 43. The van der Waals surface area contributed by atoms with Gasteiger partial charge >= 0.3 is 25.7 Å². The molecule has 0 heterocycles. The van der Waals surface area contributed by atoms with Crippen molar-refractivity contribution in [1.82, 2.24) is 0 Å². The largest absolute Gasteiger partial charge is 0.480 e. The van der Waals surface area contributed by atoms with Crippen LogP contribution in [0.3, 0.4) is 0 Å². The number of allylic oxidation sites excluding steroid dienone is 2. The second kappa shape index (κ2) is 40.0. The number of hydrogen-bond donors (Lipinski definition) is 3. The highest BCUT2D eigenvalue weighted by Crippen LogP contribution is 2.43. The second-order valence-electron chi connectivity index (χ2n) is 15.5. The van der Waals surface area contributed by atoms with Crippen molar-refractivity contribution in [3.05, 3.63) is 12.2 Å². The summed E-state index contributed by atoms with van der Waals surface area (Å²) < 4.78 is 32.7. The Balaban J connectivity index is 4.30. The minimum atomic E-state index is -4.71. The normalized spacial score (nSPS) is 13.8. The van der Waals surface area contributed by atoms with Crippen molar-refractivity contribution < 1.29 is 47.5 Å². The number of carboxylic acid groups (broad SMARTS) is 1. The molecule has 0 aromatic rings. The van der Waals surface area contributed by atoms with Crippen LogP contribution >= 0.6 is 7.82 Å². The van der Waals surface area contributed by atoms with Crippen LogP contribution in [0.5, 0.6) is 0 Å². The predicted octanol–water partition coefficient (Wildman–Crippen LogP) is 12.1. The van der Waals surface area contributed by atoms with Crippen LogP contribution < -0.4 is 5.73 Å². The van der Waals surface area contributed by atoms with E-state index >= 15 is 0 Å². The van der Waals surface area contributed by atoms with Gasteiger partial charge in [-0.1, -0.05) is 180 Å². The number of carbonyl (C=O) groups excluding carboxylic acids is 2. The van der Waals surface area contributed by atoms with E-state index in [1.807, 2.05) is 0 Å². The molecule has 11 nitrogen and oxygen atoms in total. The van der Waals surface area contributed by atoms with Gasteiger partial charge in [-0.3, -0.25) is 23.4 Å². The van der Waals surface area contributed by atoms with Crippen molar-refractivity contribution in [3.8, 4) is 0 Å². The van der Waals surface area contributed by atoms with Gasteiger partial charge in [-0.05, 0) is 38.5 Å². The van der Waals surface area contributed by atoms with Gasteiger partial charge in [0, 0.05) is 12.8 Å². The van der Waals surface area contributed by atoms with Crippen LogP contribution in [0.1, 0.15) is 219 Å². The van der Waals surface area contributed by atoms with Gasteiger partial charge in [0.05, 0.1) is 13.2 Å². The standard InChI is InChI=1S/C44H84NO10P/c1-3-5-7-9-11-13-15-17-19-20-22-23-25-27-29-31-33-35-42(46)52-37-40(38-53-56(50,51)54-39-41(45)44(48)49)55-43(47)36-34-32-30-28-26-24-21-18-16-14-12-10-8-6-4-2/h13,15,40-41H,3-12,14,16-39,45H2,1-2H3,(H,48,49)(H,50,51)/b15-13+/t40-,41+/m1/s1. The predicted molar refractivity (Wildman–Crippen MR) is 226 cm³/mol. The molecule has 0 aliphatic rings. The Bertz CT molecular complexity index is 1010. The zero-order chi connectivity index (χ0) is 41.4. The summed E-state index contributed by atoms with van der Waals surface area (Å²) in [5, 5.41) is 8.89. The molecule has 0 bridgehead atoms. The van der Waals surface area contributed by atoms with Crippen LogP contribution in [-0.2, 0) is 37.5 Å². The third kappa shape index (κ3) is 39.1. The van der Waals surface area contributed by atoms with Crippen LogP contribution in [-0.4, -0.2) is 59.9 Å². The Hall–Kier alpha value is -1.78. The molecule has 0 fully saturated rings. The van der Waals surface area contributed by atoms with Crippen molar-refractivity contribution in [2.24, 2.45) is 5.73 Å². The first-order valence-electron chi connectivity index (χ1n) is 22.7. The van der Waals surface area contributed by atoms with E-state index in [9.17, 15) is 23.8 Å². The maximum atomic E-state index is 12.6. The molecule has 0 radical (unpaired) electrons. The van der Waals surface area contributed by atoms with E-state index in [4.69, 9.17) is 24.8 Å². The number of aliphatic carboxylic acids is 1.